The molecule has 1 aromatic carbocycles. The minimum atomic E-state index is -0.287. The smallest absolute Gasteiger partial charge is 0.278 e. The number of benzene rings is 1. The van der Waals surface area contributed by atoms with Gasteiger partial charge in [-0.1, -0.05) is 11.2 Å². The monoisotopic (exact) mass is 285 g/mol. The van der Waals surface area contributed by atoms with Crippen molar-refractivity contribution in [3.63, 3.8) is 0 Å². The average molecular weight is 285 g/mol. The molecular formula is C15H15N3O3. The van der Waals surface area contributed by atoms with Crippen LogP contribution >= 0.6 is 0 Å². The Morgan fingerprint density at radius 3 is 2.90 bits per heavy atom. The third kappa shape index (κ3) is 2.79. The summed E-state index contributed by atoms with van der Waals surface area (Å²) in [5, 5.41) is 9.21. The molecule has 6 nitrogen and oxygen atoms in total. The molecule has 0 saturated heterocycles. The lowest BCUT2D eigenvalue weighted by Gasteiger charge is -2.09. The third-order valence-electron chi connectivity index (χ3n) is 3.51. The molecule has 3 rings (SSSR count). The molecule has 21 heavy (non-hydrogen) atoms. The van der Waals surface area contributed by atoms with E-state index in [9.17, 15) is 9.59 Å². The highest BCUT2D eigenvalue weighted by Gasteiger charge is 2.23. The van der Waals surface area contributed by atoms with Crippen LogP contribution in [0, 0.1) is 0 Å². The van der Waals surface area contributed by atoms with Gasteiger partial charge in [0.25, 0.3) is 5.91 Å². The summed E-state index contributed by atoms with van der Waals surface area (Å²) >= 11 is 0. The summed E-state index contributed by atoms with van der Waals surface area (Å²) in [4.78, 5) is 22.7. The van der Waals surface area contributed by atoms with Crippen molar-refractivity contribution < 1.29 is 14.1 Å². The van der Waals surface area contributed by atoms with E-state index in [0.717, 1.165) is 37.0 Å². The van der Waals surface area contributed by atoms with Gasteiger partial charge < -0.3 is 15.2 Å². The van der Waals surface area contributed by atoms with E-state index >= 15 is 0 Å². The van der Waals surface area contributed by atoms with Crippen LogP contribution in [0.5, 0.6) is 0 Å². The Kier molecular flexibility index (Phi) is 3.68. The van der Waals surface area contributed by atoms with Crippen molar-refractivity contribution in [2.75, 3.05) is 10.6 Å². The molecule has 1 heterocycles. The molecule has 108 valence electrons. The maximum Gasteiger partial charge on any atom is 0.278 e. The predicted octanol–water partition coefficient (Wildman–Crippen LogP) is 2.37. The van der Waals surface area contributed by atoms with E-state index in [2.05, 4.69) is 15.8 Å². The number of aryl methyl sites for hydroxylation is 1. The lowest BCUT2D eigenvalue weighted by Crippen LogP contribution is -2.15. The van der Waals surface area contributed by atoms with Crippen molar-refractivity contribution >= 4 is 23.7 Å². The minimum Gasteiger partial charge on any atom is -0.360 e. The van der Waals surface area contributed by atoms with Crippen molar-refractivity contribution in [2.45, 2.75) is 25.7 Å². The largest absolute Gasteiger partial charge is 0.360 e. The fraction of sp³-hybridized carbons (Fsp3) is 0.267. The van der Waals surface area contributed by atoms with Crippen LogP contribution in [0.1, 0.15) is 34.7 Å². The van der Waals surface area contributed by atoms with E-state index < -0.39 is 0 Å². The van der Waals surface area contributed by atoms with E-state index in [1.807, 2.05) is 0 Å². The second-order valence-corrected chi connectivity index (χ2v) is 4.94. The van der Waals surface area contributed by atoms with Gasteiger partial charge in [-0.2, -0.15) is 0 Å². The summed E-state index contributed by atoms with van der Waals surface area (Å²) in [7, 11) is 0. The molecule has 1 aliphatic rings. The SMILES string of the molecule is O=CNc1cccc(NC(=O)c2noc3c2CCCC3)c1. The number of hydrogen-bond acceptors (Lipinski definition) is 4. The highest BCUT2D eigenvalue weighted by molar-refractivity contribution is 6.04. The number of carbonyl (C=O) groups is 2. The van der Waals surface area contributed by atoms with Gasteiger partial charge in [-0.3, -0.25) is 9.59 Å². The van der Waals surface area contributed by atoms with Crippen LogP contribution in [0.15, 0.2) is 28.8 Å². The molecule has 0 atom stereocenters. The summed E-state index contributed by atoms with van der Waals surface area (Å²) < 4.78 is 5.24. The Morgan fingerprint density at radius 2 is 2.05 bits per heavy atom. The van der Waals surface area contributed by atoms with E-state index in [0.29, 0.717) is 23.5 Å². The Morgan fingerprint density at radius 1 is 1.24 bits per heavy atom. The van der Waals surface area contributed by atoms with Gasteiger partial charge >= 0.3 is 0 Å². The van der Waals surface area contributed by atoms with Crippen molar-refractivity contribution in [3.8, 4) is 0 Å². The fourth-order valence-corrected chi connectivity index (χ4v) is 2.51. The van der Waals surface area contributed by atoms with Crippen LogP contribution in [-0.4, -0.2) is 17.5 Å². The van der Waals surface area contributed by atoms with Crippen LogP contribution in [0.3, 0.4) is 0 Å². The van der Waals surface area contributed by atoms with E-state index in [1.54, 1.807) is 24.3 Å². The Hall–Kier alpha value is -2.63. The summed E-state index contributed by atoms with van der Waals surface area (Å²) in [6, 6.07) is 6.92. The van der Waals surface area contributed by atoms with E-state index in [-0.39, 0.29) is 5.91 Å². The molecule has 6 heteroatoms. The van der Waals surface area contributed by atoms with Gasteiger partial charge in [0.2, 0.25) is 6.41 Å². The first-order valence-corrected chi connectivity index (χ1v) is 6.87. The first-order valence-electron chi connectivity index (χ1n) is 6.87. The van der Waals surface area contributed by atoms with Crippen molar-refractivity contribution in [2.24, 2.45) is 0 Å². The maximum atomic E-state index is 12.3. The molecule has 0 radical (unpaired) electrons. The quantitative estimate of drug-likeness (QED) is 0.845. The number of fused-ring (bicyclic) bond motifs is 1. The standard InChI is InChI=1S/C15H15N3O3/c19-9-16-10-4-3-5-11(8-10)17-15(20)14-12-6-1-2-7-13(12)21-18-14/h3-5,8-9H,1-2,6-7H2,(H,16,19)(H,17,20). The van der Waals surface area contributed by atoms with Crippen LogP contribution in [0.4, 0.5) is 11.4 Å². The summed E-state index contributed by atoms with van der Waals surface area (Å²) in [6.07, 6.45) is 4.38. The van der Waals surface area contributed by atoms with E-state index in [4.69, 9.17) is 4.52 Å². The maximum absolute atomic E-state index is 12.3. The van der Waals surface area contributed by atoms with E-state index in [1.165, 1.54) is 0 Å². The molecule has 1 aliphatic carbocycles. The number of rotatable bonds is 4. The summed E-state index contributed by atoms with van der Waals surface area (Å²) in [6.45, 7) is 0. The molecule has 1 aromatic heterocycles. The van der Waals surface area contributed by atoms with Gasteiger partial charge in [0.15, 0.2) is 5.69 Å². The molecule has 2 aromatic rings. The molecule has 0 bridgehead atoms. The lowest BCUT2D eigenvalue weighted by atomic mass is 9.96. The number of hydrogen-bond donors (Lipinski definition) is 2. The van der Waals surface area contributed by atoms with Gasteiger partial charge in [-0.05, 0) is 37.5 Å². The van der Waals surface area contributed by atoms with Crippen LogP contribution < -0.4 is 10.6 Å². The van der Waals surface area contributed by atoms with Gasteiger partial charge in [-0.25, -0.2) is 0 Å². The zero-order valence-corrected chi connectivity index (χ0v) is 11.4. The first-order chi connectivity index (χ1) is 10.3. The van der Waals surface area contributed by atoms with Crippen LogP contribution in [-0.2, 0) is 17.6 Å². The zero-order valence-electron chi connectivity index (χ0n) is 11.4. The van der Waals surface area contributed by atoms with Gasteiger partial charge in [0.1, 0.15) is 5.76 Å². The topological polar surface area (TPSA) is 84.2 Å². The van der Waals surface area contributed by atoms with Gasteiger partial charge in [0.05, 0.1) is 0 Å². The van der Waals surface area contributed by atoms with Crippen molar-refractivity contribution in [1.82, 2.24) is 5.16 Å². The second-order valence-electron chi connectivity index (χ2n) is 4.94. The number of nitrogens with one attached hydrogen (secondary N) is 2. The molecule has 0 fully saturated rings. The van der Waals surface area contributed by atoms with Crippen LogP contribution in [0.2, 0.25) is 0 Å². The molecule has 0 spiro atoms. The number of aromatic nitrogens is 1. The summed E-state index contributed by atoms with van der Waals surface area (Å²) in [5.41, 5.74) is 2.49. The zero-order chi connectivity index (χ0) is 14.7. The molecule has 2 N–H and O–H groups in total. The van der Waals surface area contributed by atoms with Crippen molar-refractivity contribution in [1.29, 1.82) is 0 Å². The molecule has 0 saturated carbocycles. The Labute approximate surface area is 121 Å². The fourth-order valence-electron chi connectivity index (χ4n) is 2.51. The Balaban J connectivity index is 1.78. The minimum absolute atomic E-state index is 0.287. The van der Waals surface area contributed by atoms with Crippen LogP contribution in [0.25, 0.3) is 0 Å². The Bertz CT molecular complexity index is 679. The molecule has 0 aliphatic heterocycles. The highest BCUT2D eigenvalue weighted by Crippen LogP contribution is 2.25. The molecular weight excluding hydrogens is 270 g/mol. The average Bonchev–Trinajstić information content (AvgIpc) is 2.92. The third-order valence-corrected chi connectivity index (χ3v) is 3.51. The van der Waals surface area contributed by atoms with Crippen molar-refractivity contribution in [3.05, 3.63) is 41.3 Å². The molecule has 0 unspecified atom stereocenters. The number of carbonyl (C=O) groups excluding carboxylic acids is 2. The molecule has 2 amide bonds. The lowest BCUT2D eigenvalue weighted by molar-refractivity contribution is -0.105. The second kappa shape index (κ2) is 5.78. The predicted molar refractivity (Wildman–Crippen MR) is 77.2 cm³/mol. The number of anilines is 2. The highest BCUT2D eigenvalue weighted by atomic mass is 16.5. The first kappa shape index (κ1) is 13.4. The van der Waals surface area contributed by atoms with Gasteiger partial charge in [-0.15, -0.1) is 0 Å². The number of amides is 2. The summed E-state index contributed by atoms with van der Waals surface area (Å²) in [5.74, 6) is 0.535. The number of nitrogens with zero attached hydrogens (tertiary/aromatic N) is 1. The normalized spacial score (nSPS) is 13.3. The van der Waals surface area contributed by atoms with Gasteiger partial charge in [0, 0.05) is 23.4 Å².